The van der Waals surface area contributed by atoms with Gasteiger partial charge in [0.1, 0.15) is 0 Å². The number of carbonyl (C=O) groups excluding carboxylic acids is 1. The Kier molecular flexibility index (Phi) is 3.48. The van der Waals surface area contributed by atoms with Gasteiger partial charge in [-0.15, -0.1) is 0 Å². The molecule has 1 aliphatic heterocycles. The van der Waals surface area contributed by atoms with E-state index in [1.807, 2.05) is 28.8 Å². The van der Waals surface area contributed by atoms with Crippen LogP contribution in [0, 0.1) is 10.1 Å². The molecule has 28 heavy (non-hydrogen) atoms. The van der Waals surface area contributed by atoms with E-state index in [-0.39, 0.29) is 17.3 Å². The quantitative estimate of drug-likeness (QED) is 0.406. The molecule has 0 atom stereocenters. The van der Waals surface area contributed by atoms with Crippen LogP contribution in [0.2, 0.25) is 0 Å². The molecular formula is C19H14N6O3. The predicted molar refractivity (Wildman–Crippen MR) is 102 cm³/mol. The van der Waals surface area contributed by atoms with Crippen molar-refractivity contribution in [2.24, 2.45) is 0 Å². The van der Waals surface area contributed by atoms with Crippen molar-refractivity contribution in [3.8, 4) is 5.69 Å². The lowest BCUT2D eigenvalue weighted by molar-refractivity contribution is -0.384. The highest BCUT2D eigenvalue weighted by atomic mass is 16.6. The predicted octanol–water partition coefficient (Wildman–Crippen LogP) is 2.79. The third-order valence-corrected chi connectivity index (χ3v) is 4.78. The number of nitro groups is 1. The van der Waals surface area contributed by atoms with E-state index in [1.54, 1.807) is 29.3 Å². The summed E-state index contributed by atoms with van der Waals surface area (Å²) in [6.07, 6.45) is 1.62. The van der Waals surface area contributed by atoms with Crippen LogP contribution >= 0.6 is 0 Å². The van der Waals surface area contributed by atoms with Gasteiger partial charge in [-0.05, 0) is 24.3 Å². The number of aromatic nitrogens is 4. The van der Waals surface area contributed by atoms with Crippen molar-refractivity contribution in [1.82, 2.24) is 19.3 Å². The number of para-hydroxylation sites is 2. The van der Waals surface area contributed by atoms with Gasteiger partial charge in [0.05, 0.1) is 21.6 Å². The van der Waals surface area contributed by atoms with E-state index >= 15 is 0 Å². The number of hydrogen-bond acceptors (Lipinski definition) is 5. The summed E-state index contributed by atoms with van der Waals surface area (Å²) < 4.78 is 3.48. The molecule has 0 fully saturated rings. The van der Waals surface area contributed by atoms with Gasteiger partial charge in [-0.2, -0.15) is 5.10 Å². The lowest BCUT2D eigenvalue weighted by Gasteiger charge is -2.11. The van der Waals surface area contributed by atoms with Crippen LogP contribution < -0.4 is 4.90 Å². The number of anilines is 1. The lowest BCUT2D eigenvalue weighted by atomic mass is 10.3. The average molecular weight is 374 g/mol. The molecule has 0 bridgehead atoms. The number of imidazole rings is 1. The molecule has 2 aromatic heterocycles. The highest BCUT2D eigenvalue weighted by molar-refractivity contribution is 6.05. The van der Waals surface area contributed by atoms with Gasteiger partial charge in [0.15, 0.2) is 5.69 Å². The van der Waals surface area contributed by atoms with E-state index in [0.29, 0.717) is 24.7 Å². The normalized spacial score (nSPS) is 13.1. The molecule has 0 radical (unpaired) electrons. The maximum Gasteiger partial charge on any atom is 0.281 e. The van der Waals surface area contributed by atoms with E-state index in [0.717, 1.165) is 11.0 Å². The molecule has 0 saturated carbocycles. The highest BCUT2D eigenvalue weighted by Crippen LogP contribution is 2.28. The zero-order valence-electron chi connectivity index (χ0n) is 14.6. The fourth-order valence-corrected chi connectivity index (χ4v) is 3.45. The number of fused-ring (bicyclic) bond motifs is 3. The van der Waals surface area contributed by atoms with Crippen molar-refractivity contribution in [2.75, 3.05) is 11.4 Å². The molecule has 9 nitrogen and oxygen atoms in total. The number of hydrogen-bond donors (Lipinski definition) is 0. The number of rotatable bonds is 3. The van der Waals surface area contributed by atoms with Crippen LogP contribution in [0.3, 0.4) is 0 Å². The summed E-state index contributed by atoms with van der Waals surface area (Å²) in [6, 6.07) is 15.5. The summed E-state index contributed by atoms with van der Waals surface area (Å²) in [4.78, 5) is 29.7. The van der Waals surface area contributed by atoms with Gasteiger partial charge in [-0.3, -0.25) is 19.8 Å². The minimum Gasteiger partial charge on any atom is -0.308 e. The first-order chi connectivity index (χ1) is 13.6. The molecule has 0 unspecified atom stereocenters. The van der Waals surface area contributed by atoms with Gasteiger partial charge in [0.2, 0.25) is 5.95 Å². The molecule has 0 aliphatic carbocycles. The molecule has 4 aromatic rings. The molecule has 3 heterocycles. The van der Waals surface area contributed by atoms with Crippen LogP contribution in [0.1, 0.15) is 10.5 Å². The van der Waals surface area contributed by atoms with Gasteiger partial charge < -0.3 is 4.57 Å². The second kappa shape index (κ2) is 6.02. The zero-order chi connectivity index (χ0) is 19.3. The average Bonchev–Trinajstić information content (AvgIpc) is 3.42. The van der Waals surface area contributed by atoms with Crippen LogP contribution in [-0.4, -0.2) is 36.7 Å². The van der Waals surface area contributed by atoms with E-state index in [4.69, 9.17) is 0 Å². The minimum absolute atomic E-state index is 0.0332. The highest BCUT2D eigenvalue weighted by Gasteiger charge is 2.30. The molecule has 5 rings (SSSR count). The topological polar surface area (TPSA) is 99.1 Å². The monoisotopic (exact) mass is 374 g/mol. The third-order valence-electron chi connectivity index (χ3n) is 4.78. The summed E-state index contributed by atoms with van der Waals surface area (Å²) >= 11 is 0. The van der Waals surface area contributed by atoms with E-state index in [9.17, 15) is 14.9 Å². The van der Waals surface area contributed by atoms with Crippen LogP contribution in [-0.2, 0) is 6.54 Å². The van der Waals surface area contributed by atoms with Crippen molar-refractivity contribution in [3.63, 3.8) is 0 Å². The molecule has 9 heteroatoms. The summed E-state index contributed by atoms with van der Waals surface area (Å²) in [5, 5.41) is 15.3. The maximum absolute atomic E-state index is 13.0. The Hall–Kier alpha value is -4.01. The summed E-state index contributed by atoms with van der Waals surface area (Å²) in [7, 11) is 0. The molecular weight excluding hydrogens is 360 g/mol. The van der Waals surface area contributed by atoms with Gasteiger partial charge >= 0.3 is 0 Å². The molecule has 2 aromatic carbocycles. The Bertz CT molecular complexity index is 1240. The second-order valence-corrected chi connectivity index (χ2v) is 6.43. The molecule has 0 saturated heterocycles. The van der Waals surface area contributed by atoms with Crippen molar-refractivity contribution in [3.05, 3.63) is 76.6 Å². The molecule has 138 valence electrons. The van der Waals surface area contributed by atoms with Crippen molar-refractivity contribution >= 4 is 28.6 Å². The number of nitrogens with zero attached hydrogens (tertiary/aromatic N) is 6. The number of carbonyl (C=O) groups is 1. The second-order valence-electron chi connectivity index (χ2n) is 6.43. The summed E-state index contributed by atoms with van der Waals surface area (Å²) in [5.74, 6) is 0.356. The van der Waals surface area contributed by atoms with Crippen LogP contribution in [0.5, 0.6) is 0 Å². The van der Waals surface area contributed by atoms with Crippen molar-refractivity contribution in [1.29, 1.82) is 0 Å². The minimum atomic E-state index is -0.464. The number of nitro benzene ring substituents is 1. The molecule has 0 N–H and O–H groups in total. The standard InChI is InChI=1S/C19H14N6O3/c26-18(23-11-10-22-17-7-2-1-6-15(17)20-19(22)23)16-8-9-24(21-16)13-4-3-5-14(12-13)25(27)28/h1-9,12H,10-11H2. The molecule has 1 aliphatic rings. The third kappa shape index (κ3) is 2.44. The largest absolute Gasteiger partial charge is 0.308 e. The van der Waals surface area contributed by atoms with Gasteiger partial charge in [0.25, 0.3) is 11.6 Å². The van der Waals surface area contributed by atoms with Crippen LogP contribution in [0.4, 0.5) is 11.6 Å². The SMILES string of the molecule is O=C(c1ccn(-c2cccc([N+](=O)[O-])c2)n1)N1CCn2c1nc1ccccc12. The summed E-state index contributed by atoms with van der Waals surface area (Å²) in [6.45, 7) is 1.20. The van der Waals surface area contributed by atoms with E-state index in [1.165, 1.54) is 16.8 Å². The fraction of sp³-hybridized carbons (Fsp3) is 0.105. The Morgan fingerprint density at radius 3 is 2.79 bits per heavy atom. The molecule has 0 spiro atoms. The Morgan fingerprint density at radius 1 is 1.07 bits per heavy atom. The lowest BCUT2D eigenvalue weighted by Crippen LogP contribution is -2.29. The van der Waals surface area contributed by atoms with Gasteiger partial charge in [-0.1, -0.05) is 18.2 Å². The number of non-ortho nitro benzene ring substituents is 1. The smallest absolute Gasteiger partial charge is 0.281 e. The summed E-state index contributed by atoms with van der Waals surface area (Å²) in [5.41, 5.74) is 2.58. The number of benzene rings is 2. The first-order valence-electron chi connectivity index (χ1n) is 8.69. The van der Waals surface area contributed by atoms with Gasteiger partial charge in [0, 0.05) is 31.4 Å². The van der Waals surface area contributed by atoms with Crippen molar-refractivity contribution < 1.29 is 9.72 Å². The Labute approximate surface area is 158 Å². The number of amides is 1. The van der Waals surface area contributed by atoms with E-state index < -0.39 is 4.92 Å². The van der Waals surface area contributed by atoms with Crippen LogP contribution in [0.15, 0.2) is 60.8 Å². The van der Waals surface area contributed by atoms with Crippen molar-refractivity contribution in [2.45, 2.75) is 6.54 Å². The molecule has 1 amide bonds. The van der Waals surface area contributed by atoms with Crippen LogP contribution in [0.25, 0.3) is 16.7 Å². The van der Waals surface area contributed by atoms with Gasteiger partial charge in [-0.25, -0.2) is 9.67 Å². The maximum atomic E-state index is 13.0. The zero-order valence-corrected chi connectivity index (χ0v) is 14.6. The Balaban J connectivity index is 1.47. The Morgan fingerprint density at radius 2 is 1.93 bits per heavy atom. The fourth-order valence-electron chi connectivity index (χ4n) is 3.45. The first kappa shape index (κ1) is 16.2. The van der Waals surface area contributed by atoms with E-state index in [2.05, 4.69) is 10.1 Å². The first-order valence-corrected chi connectivity index (χ1v) is 8.69.